The molecule has 0 atom stereocenters. The molecule has 21 heavy (non-hydrogen) atoms. The van der Waals surface area contributed by atoms with Crippen LogP contribution in [-0.2, 0) is 16.6 Å². The Balaban J connectivity index is 2.08. The Morgan fingerprint density at radius 1 is 1.29 bits per heavy atom. The van der Waals surface area contributed by atoms with E-state index in [0.29, 0.717) is 11.5 Å². The summed E-state index contributed by atoms with van der Waals surface area (Å²) in [4.78, 5) is -0.350. The van der Waals surface area contributed by atoms with Crippen molar-refractivity contribution in [1.29, 1.82) is 0 Å². The average molecular weight is 315 g/mol. The van der Waals surface area contributed by atoms with Crippen LogP contribution < -0.4 is 4.72 Å². The van der Waals surface area contributed by atoms with Gasteiger partial charge in [-0.25, -0.2) is 17.5 Å². The summed E-state index contributed by atoms with van der Waals surface area (Å²) >= 11 is 0. The molecule has 0 spiro atoms. The second-order valence-electron chi connectivity index (χ2n) is 5.67. The minimum absolute atomic E-state index is 0.116. The van der Waals surface area contributed by atoms with Crippen LogP contribution >= 0.6 is 0 Å². The summed E-state index contributed by atoms with van der Waals surface area (Å²) in [6.07, 6.45) is 4.74. The SMILES string of the molecule is CCC1CCC(NS(=O)(=O)c2ccc(CO)cc2F)CC1. The molecule has 1 aliphatic carbocycles. The van der Waals surface area contributed by atoms with Crippen molar-refractivity contribution < 1.29 is 17.9 Å². The van der Waals surface area contributed by atoms with Crippen molar-refractivity contribution in [3.8, 4) is 0 Å². The van der Waals surface area contributed by atoms with Gasteiger partial charge in [0, 0.05) is 6.04 Å². The fourth-order valence-corrected chi connectivity index (χ4v) is 4.20. The van der Waals surface area contributed by atoms with Gasteiger partial charge in [0.15, 0.2) is 0 Å². The van der Waals surface area contributed by atoms with Crippen LogP contribution in [0.15, 0.2) is 23.1 Å². The van der Waals surface area contributed by atoms with Crippen LogP contribution in [0.3, 0.4) is 0 Å². The molecule has 0 saturated heterocycles. The number of nitrogens with one attached hydrogen (secondary N) is 1. The highest BCUT2D eigenvalue weighted by Gasteiger charge is 2.26. The lowest BCUT2D eigenvalue weighted by atomic mass is 9.85. The Bertz CT molecular complexity index is 581. The fraction of sp³-hybridized carbons (Fsp3) is 0.600. The van der Waals surface area contributed by atoms with Gasteiger partial charge in [-0.1, -0.05) is 19.4 Å². The molecule has 0 aromatic heterocycles. The number of aliphatic hydroxyl groups is 1. The van der Waals surface area contributed by atoms with Crippen LogP contribution in [0.4, 0.5) is 4.39 Å². The Hall–Kier alpha value is -0.980. The van der Waals surface area contributed by atoms with E-state index in [4.69, 9.17) is 5.11 Å². The zero-order valence-corrected chi connectivity index (χ0v) is 13.0. The minimum Gasteiger partial charge on any atom is -0.392 e. The van der Waals surface area contributed by atoms with Gasteiger partial charge in [-0.2, -0.15) is 0 Å². The molecule has 1 aromatic carbocycles. The largest absolute Gasteiger partial charge is 0.392 e. The maximum atomic E-state index is 13.9. The topological polar surface area (TPSA) is 66.4 Å². The van der Waals surface area contributed by atoms with E-state index in [0.717, 1.165) is 38.2 Å². The van der Waals surface area contributed by atoms with Gasteiger partial charge >= 0.3 is 0 Å². The number of rotatable bonds is 5. The van der Waals surface area contributed by atoms with Crippen molar-refractivity contribution in [3.05, 3.63) is 29.6 Å². The normalized spacial score (nSPS) is 23.2. The van der Waals surface area contributed by atoms with E-state index in [1.807, 2.05) is 0 Å². The molecule has 1 aromatic rings. The van der Waals surface area contributed by atoms with Crippen LogP contribution in [0.25, 0.3) is 0 Å². The van der Waals surface area contributed by atoms with Crippen LogP contribution in [-0.4, -0.2) is 19.6 Å². The van der Waals surface area contributed by atoms with Crippen LogP contribution in [0.2, 0.25) is 0 Å². The Labute approximate surface area is 125 Å². The maximum Gasteiger partial charge on any atom is 0.243 e. The third kappa shape index (κ3) is 4.02. The van der Waals surface area contributed by atoms with Crippen molar-refractivity contribution in [2.75, 3.05) is 0 Å². The van der Waals surface area contributed by atoms with E-state index < -0.39 is 15.8 Å². The standard InChI is InChI=1S/C15H22FNO3S/c1-2-11-3-6-13(7-4-11)17-21(19,20)15-8-5-12(10-18)9-14(15)16/h5,8-9,11,13,17-18H,2-4,6-7,10H2,1H3. The summed E-state index contributed by atoms with van der Waals surface area (Å²) in [5.74, 6) is -0.150. The highest BCUT2D eigenvalue weighted by Crippen LogP contribution is 2.27. The first-order valence-electron chi connectivity index (χ1n) is 7.38. The fourth-order valence-electron chi connectivity index (χ4n) is 2.83. The van der Waals surface area contributed by atoms with Crippen molar-refractivity contribution in [1.82, 2.24) is 4.72 Å². The third-order valence-corrected chi connectivity index (χ3v) is 5.77. The van der Waals surface area contributed by atoms with Gasteiger partial charge in [0.2, 0.25) is 10.0 Å². The smallest absolute Gasteiger partial charge is 0.243 e. The Morgan fingerprint density at radius 3 is 2.48 bits per heavy atom. The van der Waals surface area contributed by atoms with Gasteiger partial charge < -0.3 is 5.11 Å². The van der Waals surface area contributed by atoms with E-state index >= 15 is 0 Å². The zero-order valence-electron chi connectivity index (χ0n) is 12.2. The summed E-state index contributed by atoms with van der Waals surface area (Å²) in [5.41, 5.74) is 0.356. The summed E-state index contributed by atoms with van der Waals surface area (Å²) < 4.78 is 41.0. The van der Waals surface area contributed by atoms with E-state index in [1.165, 1.54) is 12.1 Å². The molecule has 0 unspecified atom stereocenters. The van der Waals surface area contributed by atoms with Crippen LogP contribution in [0.1, 0.15) is 44.6 Å². The Kier molecular flexibility index (Phi) is 5.35. The van der Waals surface area contributed by atoms with Crippen molar-refractivity contribution in [2.45, 2.75) is 56.6 Å². The van der Waals surface area contributed by atoms with Gasteiger partial charge in [0.1, 0.15) is 10.7 Å². The second kappa shape index (κ2) is 6.85. The van der Waals surface area contributed by atoms with E-state index in [1.54, 1.807) is 0 Å². The molecular formula is C15H22FNO3S. The van der Waals surface area contributed by atoms with Crippen molar-refractivity contribution in [2.24, 2.45) is 5.92 Å². The highest BCUT2D eigenvalue weighted by molar-refractivity contribution is 7.89. The molecule has 2 rings (SSSR count). The molecule has 4 nitrogen and oxygen atoms in total. The van der Waals surface area contributed by atoms with E-state index in [-0.39, 0.29) is 17.5 Å². The second-order valence-corrected chi connectivity index (χ2v) is 7.35. The lowest BCUT2D eigenvalue weighted by molar-refractivity contribution is 0.281. The molecule has 6 heteroatoms. The lowest BCUT2D eigenvalue weighted by Crippen LogP contribution is -2.37. The number of aliphatic hydroxyl groups excluding tert-OH is 1. The molecule has 0 bridgehead atoms. The first-order valence-corrected chi connectivity index (χ1v) is 8.86. The van der Waals surface area contributed by atoms with Gasteiger partial charge in [0.05, 0.1) is 6.61 Å². The average Bonchev–Trinajstić information content (AvgIpc) is 2.47. The van der Waals surface area contributed by atoms with Crippen LogP contribution in [0.5, 0.6) is 0 Å². The van der Waals surface area contributed by atoms with Crippen molar-refractivity contribution in [3.63, 3.8) is 0 Å². The van der Waals surface area contributed by atoms with E-state index in [9.17, 15) is 12.8 Å². The minimum atomic E-state index is -3.85. The maximum absolute atomic E-state index is 13.9. The summed E-state index contributed by atoms with van der Waals surface area (Å²) in [6.45, 7) is 1.83. The number of hydrogen-bond acceptors (Lipinski definition) is 3. The molecule has 0 amide bonds. The molecular weight excluding hydrogens is 293 g/mol. The lowest BCUT2D eigenvalue weighted by Gasteiger charge is -2.28. The highest BCUT2D eigenvalue weighted by atomic mass is 32.2. The predicted octanol–water partition coefficient (Wildman–Crippen LogP) is 2.57. The number of hydrogen-bond donors (Lipinski definition) is 2. The third-order valence-electron chi connectivity index (χ3n) is 4.21. The van der Waals surface area contributed by atoms with Gasteiger partial charge in [-0.05, 0) is 49.3 Å². The molecule has 0 heterocycles. The van der Waals surface area contributed by atoms with Crippen molar-refractivity contribution >= 4 is 10.0 Å². The zero-order chi connectivity index (χ0) is 15.5. The monoisotopic (exact) mass is 315 g/mol. The Morgan fingerprint density at radius 2 is 1.95 bits per heavy atom. The quantitative estimate of drug-likeness (QED) is 0.877. The molecule has 118 valence electrons. The summed E-state index contributed by atoms with van der Waals surface area (Å²) in [7, 11) is -3.85. The first-order chi connectivity index (χ1) is 9.96. The number of sulfonamides is 1. The molecule has 0 aliphatic heterocycles. The molecule has 1 aliphatic rings. The van der Waals surface area contributed by atoms with Gasteiger partial charge in [-0.3, -0.25) is 0 Å². The van der Waals surface area contributed by atoms with E-state index in [2.05, 4.69) is 11.6 Å². The van der Waals surface area contributed by atoms with Crippen LogP contribution in [0, 0.1) is 11.7 Å². The summed E-state index contributed by atoms with van der Waals surface area (Å²) in [6, 6.07) is 3.57. The van der Waals surface area contributed by atoms with Gasteiger partial charge in [0.25, 0.3) is 0 Å². The first kappa shape index (κ1) is 16.4. The molecule has 1 saturated carbocycles. The number of benzene rings is 1. The molecule has 1 fully saturated rings. The number of halogens is 1. The van der Waals surface area contributed by atoms with Gasteiger partial charge in [-0.15, -0.1) is 0 Å². The summed E-state index contributed by atoms with van der Waals surface area (Å²) in [5, 5.41) is 8.93. The molecule has 2 N–H and O–H groups in total. The molecule has 0 radical (unpaired) electrons. The predicted molar refractivity (Wildman–Crippen MR) is 78.7 cm³/mol.